The second-order valence-corrected chi connectivity index (χ2v) is 15.4. The number of hydrogen-bond donors (Lipinski definition) is 1. The van der Waals surface area contributed by atoms with Crippen LogP contribution in [0.2, 0.25) is 10.0 Å². The Morgan fingerprint density at radius 1 is 0.907 bits per heavy atom. The van der Waals surface area contributed by atoms with E-state index in [1.807, 2.05) is 0 Å². The lowest BCUT2D eigenvalue weighted by Gasteiger charge is -2.27. The molecule has 2 aromatic carbocycles. The minimum atomic E-state index is -4.59. The number of carbonyl (C=O) groups is 3. The molecule has 1 atom stereocenters. The van der Waals surface area contributed by atoms with Crippen molar-refractivity contribution < 1.29 is 37.5 Å². The van der Waals surface area contributed by atoms with Crippen LogP contribution in [0.4, 0.5) is 0 Å². The van der Waals surface area contributed by atoms with Crippen LogP contribution in [0.15, 0.2) is 54.0 Å². The number of halogens is 2. The standard InChI is InChI=1S/C30H34Cl2NO8PS/c1-29(2,3)27(35)38-17-40-42(37,41-18-39-28(36)30(4,5)6)25(23-16-43-24-11-10-21(32)15-22(23)24)26(34)33-13-12-19-8-7-9-20(31)14-19/h7-16,25H,17-18H2,1-6H3,(H,33,34)/b13-12+. The fourth-order valence-corrected chi connectivity index (χ4v) is 6.65. The van der Waals surface area contributed by atoms with Gasteiger partial charge < -0.3 is 14.8 Å². The number of rotatable bonds is 11. The van der Waals surface area contributed by atoms with Crippen molar-refractivity contribution in [2.45, 2.75) is 47.2 Å². The molecule has 0 aliphatic heterocycles. The van der Waals surface area contributed by atoms with Gasteiger partial charge in [0.15, 0.2) is 5.66 Å². The lowest BCUT2D eigenvalue weighted by atomic mass is 9.98. The van der Waals surface area contributed by atoms with Crippen LogP contribution in [0.3, 0.4) is 0 Å². The van der Waals surface area contributed by atoms with Gasteiger partial charge in [-0.2, -0.15) is 0 Å². The minimum Gasteiger partial charge on any atom is -0.438 e. The molecule has 0 radical (unpaired) electrons. The maximum absolute atomic E-state index is 14.6. The van der Waals surface area contributed by atoms with E-state index >= 15 is 0 Å². The summed E-state index contributed by atoms with van der Waals surface area (Å²) in [6.07, 6.45) is 2.97. The van der Waals surface area contributed by atoms with Crippen molar-refractivity contribution in [1.82, 2.24) is 5.32 Å². The Morgan fingerprint density at radius 3 is 2.05 bits per heavy atom. The topological polar surface area (TPSA) is 117 Å². The van der Waals surface area contributed by atoms with Gasteiger partial charge >= 0.3 is 19.5 Å². The Labute approximate surface area is 265 Å². The quantitative estimate of drug-likeness (QED) is 0.123. The van der Waals surface area contributed by atoms with E-state index in [9.17, 15) is 18.9 Å². The van der Waals surface area contributed by atoms with Gasteiger partial charge in [0.2, 0.25) is 19.5 Å². The van der Waals surface area contributed by atoms with Crippen molar-refractivity contribution in [1.29, 1.82) is 0 Å². The molecule has 0 aliphatic carbocycles. The molecule has 0 spiro atoms. The molecule has 1 N–H and O–H groups in total. The van der Waals surface area contributed by atoms with Crippen LogP contribution in [-0.2, 0) is 37.5 Å². The number of amides is 1. The predicted octanol–water partition coefficient (Wildman–Crippen LogP) is 8.36. The van der Waals surface area contributed by atoms with Crippen molar-refractivity contribution in [3.63, 3.8) is 0 Å². The molecule has 0 fully saturated rings. The Kier molecular flexibility index (Phi) is 11.6. The van der Waals surface area contributed by atoms with E-state index in [2.05, 4.69) is 5.32 Å². The molecule has 232 valence electrons. The van der Waals surface area contributed by atoms with E-state index in [4.69, 9.17) is 41.7 Å². The Hall–Kier alpha value is -2.72. The zero-order chi connectivity index (χ0) is 32.0. The second-order valence-electron chi connectivity index (χ2n) is 11.5. The molecule has 9 nitrogen and oxygen atoms in total. The van der Waals surface area contributed by atoms with Gasteiger partial charge in [0.05, 0.1) is 10.8 Å². The van der Waals surface area contributed by atoms with Crippen molar-refractivity contribution >= 4 is 76.1 Å². The first-order chi connectivity index (χ1) is 20.0. The Balaban J connectivity index is 2.02. The molecule has 1 amide bonds. The molecule has 3 rings (SSSR count). The lowest BCUT2D eigenvalue weighted by Crippen LogP contribution is -2.29. The van der Waals surface area contributed by atoms with Gasteiger partial charge in [0.25, 0.3) is 0 Å². The van der Waals surface area contributed by atoms with E-state index in [1.54, 1.807) is 95.5 Å². The SMILES string of the molecule is CC(C)(C)C(=O)OCOP(=O)(OCOC(=O)C(C)(C)C)C(C(=O)N/C=C/c1cccc(Cl)c1)c1csc2ccc(Cl)cc12. The summed E-state index contributed by atoms with van der Waals surface area (Å²) in [5.74, 6) is -2.02. The molecule has 1 aromatic heterocycles. The average Bonchev–Trinajstić information content (AvgIpc) is 3.30. The van der Waals surface area contributed by atoms with Crippen molar-refractivity contribution in [2.24, 2.45) is 10.8 Å². The maximum Gasteiger partial charge on any atom is 0.353 e. The van der Waals surface area contributed by atoms with E-state index < -0.39 is 55.5 Å². The van der Waals surface area contributed by atoms with Crippen molar-refractivity contribution in [3.8, 4) is 0 Å². The zero-order valence-electron chi connectivity index (χ0n) is 24.6. The first-order valence-electron chi connectivity index (χ1n) is 13.1. The summed E-state index contributed by atoms with van der Waals surface area (Å²) in [5.41, 5.74) is -2.33. The molecular formula is C30H34Cl2NO8PS. The Morgan fingerprint density at radius 2 is 1.49 bits per heavy atom. The molecule has 13 heteroatoms. The van der Waals surface area contributed by atoms with Crippen molar-refractivity contribution in [2.75, 3.05) is 13.6 Å². The third kappa shape index (κ3) is 9.63. The second kappa shape index (κ2) is 14.4. The number of esters is 2. The third-order valence-corrected chi connectivity index (χ3v) is 9.37. The number of ether oxygens (including phenoxy) is 2. The number of thiophene rings is 1. The van der Waals surface area contributed by atoms with E-state index in [1.165, 1.54) is 17.5 Å². The van der Waals surface area contributed by atoms with Crippen LogP contribution in [-0.4, -0.2) is 31.4 Å². The van der Waals surface area contributed by atoms with E-state index in [0.717, 1.165) is 4.70 Å². The van der Waals surface area contributed by atoms with E-state index in [-0.39, 0.29) is 0 Å². The van der Waals surface area contributed by atoms with Crippen LogP contribution >= 0.6 is 42.1 Å². The monoisotopic (exact) mass is 669 g/mol. The van der Waals surface area contributed by atoms with Crippen molar-refractivity contribution in [3.05, 3.63) is 75.2 Å². The van der Waals surface area contributed by atoms with Crippen LogP contribution < -0.4 is 5.32 Å². The molecule has 0 aliphatic rings. The highest BCUT2D eigenvalue weighted by atomic mass is 35.5. The summed E-state index contributed by atoms with van der Waals surface area (Å²) in [5, 5.41) is 5.72. The summed E-state index contributed by atoms with van der Waals surface area (Å²) in [6.45, 7) is 8.27. The van der Waals surface area contributed by atoms with Gasteiger partial charge in [-0.25, -0.2) is 0 Å². The molecule has 1 heterocycles. The molecule has 0 bridgehead atoms. The molecular weight excluding hydrogens is 636 g/mol. The molecule has 1 unspecified atom stereocenters. The molecule has 3 aromatic rings. The van der Waals surface area contributed by atoms with Crippen LogP contribution in [0, 0.1) is 10.8 Å². The van der Waals surface area contributed by atoms with Crippen LogP contribution in [0.25, 0.3) is 16.2 Å². The van der Waals surface area contributed by atoms with Crippen LogP contribution in [0.1, 0.15) is 58.3 Å². The number of fused-ring (bicyclic) bond motifs is 1. The van der Waals surface area contributed by atoms with Gasteiger partial charge in [0, 0.05) is 20.9 Å². The smallest absolute Gasteiger partial charge is 0.353 e. The van der Waals surface area contributed by atoms with Gasteiger partial charge in [-0.1, -0.05) is 35.3 Å². The molecule has 43 heavy (non-hydrogen) atoms. The Bertz CT molecular complexity index is 1520. The summed E-state index contributed by atoms with van der Waals surface area (Å²) in [4.78, 5) is 38.6. The summed E-state index contributed by atoms with van der Waals surface area (Å²) in [6, 6.07) is 12.0. The number of hydrogen-bond acceptors (Lipinski definition) is 9. The summed E-state index contributed by atoms with van der Waals surface area (Å²) < 4.78 is 36.9. The number of carbonyl (C=O) groups excluding carboxylic acids is 3. The number of nitrogens with one attached hydrogen (secondary N) is 1. The number of benzene rings is 2. The largest absolute Gasteiger partial charge is 0.438 e. The van der Waals surface area contributed by atoms with Crippen LogP contribution in [0.5, 0.6) is 0 Å². The summed E-state index contributed by atoms with van der Waals surface area (Å²) in [7, 11) is -4.59. The highest BCUT2D eigenvalue weighted by Crippen LogP contribution is 2.62. The highest BCUT2D eigenvalue weighted by Gasteiger charge is 2.45. The predicted molar refractivity (Wildman–Crippen MR) is 169 cm³/mol. The highest BCUT2D eigenvalue weighted by molar-refractivity contribution is 7.55. The fourth-order valence-electron chi connectivity index (χ4n) is 3.52. The van der Waals surface area contributed by atoms with Gasteiger partial charge in [-0.15, -0.1) is 11.3 Å². The van der Waals surface area contributed by atoms with Gasteiger partial charge in [-0.05, 0) is 99.8 Å². The zero-order valence-corrected chi connectivity index (χ0v) is 27.9. The minimum absolute atomic E-state index is 0.295. The molecule has 0 saturated carbocycles. The third-order valence-electron chi connectivity index (χ3n) is 5.84. The first kappa shape index (κ1) is 34.8. The normalized spacial score (nSPS) is 13.2. The summed E-state index contributed by atoms with van der Waals surface area (Å²) >= 11 is 13.6. The lowest BCUT2D eigenvalue weighted by molar-refractivity contribution is -0.162. The maximum atomic E-state index is 14.6. The fraction of sp³-hybridized carbons (Fsp3) is 0.367. The average molecular weight is 671 g/mol. The van der Waals surface area contributed by atoms with Gasteiger partial charge in [-0.3, -0.25) is 28.0 Å². The molecule has 0 saturated heterocycles. The van der Waals surface area contributed by atoms with Gasteiger partial charge in [0.1, 0.15) is 0 Å². The van der Waals surface area contributed by atoms with E-state index in [0.29, 0.717) is 26.6 Å². The first-order valence-corrected chi connectivity index (χ1v) is 16.4.